The molecule has 0 aliphatic rings. The van der Waals surface area contributed by atoms with Crippen molar-refractivity contribution in [3.63, 3.8) is 0 Å². The van der Waals surface area contributed by atoms with E-state index in [9.17, 15) is 13.2 Å². The first kappa shape index (κ1) is 14.8. The van der Waals surface area contributed by atoms with E-state index in [2.05, 4.69) is 9.97 Å². The number of hydrogen-bond acceptors (Lipinski definition) is 4. The molecule has 3 nitrogen and oxygen atoms in total. The second-order valence-corrected chi connectivity index (χ2v) is 5.18. The van der Waals surface area contributed by atoms with E-state index in [1.807, 2.05) is 13.0 Å². The molecule has 0 aliphatic carbocycles. The maximum atomic E-state index is 12.4. The van der Waals surface area contributed by atoms with Crippen LogP contribution < -0.4 is 5.73 Å². The number of nitrogens with zero attached hydrogens (tertiary/aromatic N) is 2. The highest BCUT2D eigenvalue weighted by atomic mass is 32.2. The minimum atomic E-state index is -4.38. The summed E-state index contributed by atoms with van der Waals surface area (Å²) in [4.78, 5) is 7.99. The molecule has 7 heteroatoms. The first-order valence-corrected chi connectivity index (χ1v) is 6.61. The second kappa shape index (κ2) is 5.80. The van der Waals surface area contributed by atoms with Gasteiger partial charge in [-0.25, -0.2) is 9.97 Å². The van der Waals surface area contributed by atoms with E-state index in [-0.39, 0.29) is 6.04 Å². The lowest BCUT2D eigenvalue weighted by Gasteiger charge is -2.11. The number of halogens is 3. The number of nitrogens with two attached hydrogens (primary N) is 1. The Morgan fingerprint density at radius 2 is 1.95 bits per heavy atom. The minimum absolute atomic E-state index is 0.208. The summed E-state index contributed by atoms with van der Waals surface area (Å²) >= 11 is 1.19. The van der Waals surface area contributed by atoms with Crippen molar-refractivity contribution in [2.75, 3.05) is 0 Å². The monoisotopic (exact) mass is 299 g/mol. The van der Waals surface area contributed by atoms with Gasteiger partial charge in [0.1, 0.15) is 10.1 Å². The van der Waals surface area contributed by atoms with Gasteiger partial charge in [0.2, 0.25) is 0 Å². The Bertz CT molecular complexity index is 582. The van der Waals surface area contributed by atoms with Crippen molar-refractivity contribution in [2.24, 2.45) is 5.73 Å². The summed E-state index contributed by atoms with van der Waals surface area (Å²) in [7, 11) is 0. The lowest BCUT2D eigenvalue weighted by Crippen LogP contribution is -2.07. The number of pyridine rings is 2. The summed E-state index contributed by atoms with van der Waals surface area (Å²) in [6.07, 6.45) is -1.95. The van der Waals surface area contributed by atoms with Gasteiger partial charge in [0.25, 0.3) is 0 Å². The largest absolute Gasteiger partial charge is 0.417 e. The highest BCUT2D eigenvalue weighted by Crippen LogP contribution is 2.32. The topological polar surface area (TPSA) is 51.8 Å². The lowest BCUT2D eigenvalue weighted by molar-refractivity contribution is -0.137. The van der Waals surface area contributed by atoms with Crippen LogP contribution >= 0.6 is 11.8 Å². The van der Waals surface area contributed by atoms with Gasteiger partial charge in [-0.1, -0.05) is 6.07 Å². The molecule has 0 bridgehead atoms. The van der Waals surface area contributed by atoms with Gasteiger partial charge in [-0.05, 0) is 36.9 Å². The molecule has 2 N–H and O–H groups in total. The van der Waals surface area contributed by atoms with Gasteiger partial charge in [-0.3, -0.25) is 0 Å². The van der Waals surface area contributed by atoms with Crippen LogP contribution in [0.4, 0.5) is 13.2 Å². The zero-order valence-electron chi connectivity index (χ0n) is 10.6. The third-order valence-electron chi connectivity index (χ3n) is 2.56. The SMILES string of the molecule is C[C@H](N)c1cccnc1Sc1ccc(C(F)(F)F)cn1. The van der Waals surface area contributed by atoms with Crippen molar-refractivity contribution in [2.45, 2.75) is 29.2 Å². The van der Waals surface area contributed by atoms with Gasteiger partial charge in [-0.2, -0.15) is 13.2 Å². The van der Waals surface area contributed by atoms with Crippen LogP contribution in [0.1, 0.15) is 24.1 Å². The van der Waals surface area contributed by atoms with Crippen LogP contribution in [0.5, 0.6) is 0 Å². The van der Waals surface area contributed by atoms with Crippen LogP contribution in [0.25, 0.3) is 0 Å². The van der Waals surface area contributed by atoms with Crippen LogP contribution in [0.3, 0.4) is 0 Å². The van der Waals surface area contributed by atoms with Crippen LogP contribution in [0, 0.1) is 0 Å². The van der Waals surface area contributed by atoms with Gasteiger partial charge in [0, 0.05) is 24.0 Å². The highest BCUT2D eigenvalue weighted by Gasteiger charge is 2.30. The van der Waals surface area contributed by atoms with E-state index < -0.39 is 11.7 Å². The molecule has 106 valence electrons. The fourth-order valence-corrected chi connectivity index (χ4v) is 2.47. The molecule has 2 heterocycles. The molecule has 0 saturated heterocycles. The summed E-state index contributed by atoms with van der Waals surface area (Å²) in [5, 5.41) is 1.09. The molecule has 2 aromatic rings. The van der Waals surface area contributed by atoms with Crippen molar-refractivity contribution in [1.82, 2.24) is 9.97 Å². The third-order valence-corrected chi connectivity index (χ3v) is 3.54. The zero-order chi connectivity index (χ0) is 14.8. The average molecular weight is 299 g/mol. The smallest absolute Gasteiger partial charge is 0.324 e. The van der Waals surface area contributed by atoms with Crippen molar-refractivity contribution >= 4 is 11.8 Å². The van der Waals surface area contributed by atoms with Gasteiger partial charge < -0.3 is 5.73 Å². The second-order valence-electron chi connectivity index (χ2n) is 4.17. The van der Waals surface area contributed by atoms with Gasteiger partial charge in [0.05, 0.1) is 5.56 Å². The zero-order valence-corrected chi connectivity index (χ0v) is 11.4. The van der Waals surface area contributed by atoms with Gasteiger partial charge >= 0.3 is 6.18 Å². The number of hydrogen-bond donors (Lipinski definition) is 1. The fraction of sp³-hybridized carbons (Fsp3) is 0.231. The predicted octanol–water partition coefficient (Wildman–Crippen LogP) is 3.67. The maximum absolute atomic E-state index is 12.4. The molecule has 0 saturated carbocycles. The normalized spacial score (nSPS) is 13.2. The maximum Gasteiger partial charge on any atom is 0.417 e. The molecule has 0 aliphatic heterocycles. The van der Waals surface area contributed by atoms with Crippen LogP contribution in [0.2, 0.25) is 0 Å². The molecule has 1 atom stereocenters. The van der Waals surface area contributed by atoms with E-state index in [0.29, 0.717) is 10.1 Å². The Balaban J connectivity index is 2.23. The fourth-order valence-electron chi connectivity index (χ4n) is 1.54. The molecule has 0 fully saturated rings. The van der Waals surface area contributed by atoms with E-state index in [0.717, 1.165) is 17.8 Å². The quantitative estimate of drug-likeness (QED) is 0.939. The van der Waals surface area contributed by atoms with Crippen LogP contribution in [0.15, 0.2) is 46.7 Å². The summed E-state index contributed by atoms with van der Waals surface area (Å²) in [5.74, 6) is 0. The van der Waals surface area contributed by atoms with Gasteiger partial charge in [0.15, 0.2) is 0 Å². The summed E-state index contributed by atoms with van der Waals surface area (Å²) in [6.45, 7) is 1.82. The molecule has 0 radical (unpaired) electrons. The van der Waals surface area contributed by atoms with E-state index in [1.54, 1.807) is 12.3 Å². The van der Waals surface area contributed by atoms with Crippen LogP contribution in [-0.4, -0.2) is 9.97 Å². The van der Waals surface area contributed by atoms with Crippen molar-refractivity contribution < 1.29 is 13.2 Å². The summed E-state index contributed by atoms with van der Waals surface area (Å²) in [6, 6.07) is 5.73. The molecular weight excluding hydrogens is 287 g/mol. The Morgan fingerprint density at radius 3 is 2.50 bits per heavy atom. The minimum Gasteiger partial charge on any atom is -0.324 e. The highest BCUT2D eigenvalue weighted by molar-refractivity contribution is 7.99. The predicted molar refractivity (Wildman–Crippen MR) is 70.2 cm³/mol. The number of aromatic nitrogens is 2. The summed E-state index contributed by atoms with van der Waals surface area (Å²) in [5.41, 5.74) is 5.89. The van der Waals surface area contributed by atoms with Crippen molar-refractivity contribution in [3.8, 4) is 0 Å². The first-order valence-electron chi connectivity index (χ1n) is 5.79. The molecule has 0 spiro atoms. The van der Waals surface area contributed by atoms with Gasteiger partial charge in [-0.15, -0.1) is 0 Å². The molecule has 2 aromatic heterocycles. The van der Waals surface area contributed by atoms with Crippen LogP contribution in [-0.2, 0) is 6.18 Å². The average Bonchev–Trinajstić information content (AvgIpc) is 2.38. The molecule has 20 heavy (non-hydrogen) atoms. The van der Waals surface area contributed by atoms with E-state index in [1.165, 1.54) is 17.8 Å². The molecule has 2 rings (SSSR count). The standard InChI is InChI=1S/C13H12F3N3S/c1-8(17)10-3-2-6-18-12(10)20-11-5-4-9(7-19-11)13(14,15)16/h2-8H,17H2,1H3/t8-/m0/s1. The Labute approximate surface area is 118 Å². The Morgan fingerprint density at radius 1 is 1.20 bits per heavy atom. The Kier molecular flexibility index (Phi) is 4.29. The first-order chi connectivity index (χ1) is 9.38. The molecule has 0 amide bonds. The molecule has 0 aromatic carbocycles. The number of rotatable bonds is 3. The lowest BCUT2D eigenvalue weighted by atomic mass is 10.2. The third kappa shape index (κ3) is 3.49. The van der Waals surface area contributed by atoms with Crippen molar-refractivity contribution in [1.29, 1.82) is 0 Å². The molecule has 0 unspecified atom stereocenters. The van der Waals surface area contributed by atoms with E-state index in [4.69, 9.17) is 5.73 Å². The summed E-state index contributed by atoms with van der Waals surface area (Å²) < 4.78 is 37.3. The number of alkyl halides is 3. The van der Waals surface area contributed by atoms with Crippen molar-refractivity contribution in [3.05, 3.63) is 47.8 Å². The van der Waals surface area contributed by atoms with E-state index >= 15 is 0 Å². The Hall–Kier alpha value is -1.60. The molecular formula is C13H12F3N3S.